The van der Waals surface area contributed by atoms with Crippen LogP contribution in [0.15, 0.2) is 17.0 Å². The number of hydrogen-bond donors (Lipinski definition) is 0. The molecule has 5 heteroatoms. The van der Waals surface area contributed by atoms with Crippen molar-refractivity contribution in [3.63, 3.8) is 0 Å². The zero-order chi connectivity index (χ0) is 15.1. The summed E-state index contributed by atoms with van der Waals surface area (Å²) in [5.41, 5.74) is 0.952. The minimum absolute atomic E-state index is 0.0931. The van der Waals surface area contributed by atoms with Gasteiger partial charge in [0.1, 0.15) is 5.82 Å². The summed E-state index contributed by atoms with van der Waals surface area (Å²) >= 11 is 0. The van der Waals surface area contributed by atoms with E-state index >= 15 is 0 Å². The van der Waals surface area contributed by atoms with Crippen LogP contribution >= 0.6 is 0 Å². The Balaban J connectivity index is 2.47. The van der Waals surface area contributed by atoms with Gasteiger partial charge in [-0.2, -0.15) is 4.31 Å². The molecule has 3 nitrogen and oxygen atoms in total. The number of rotatable bonds is 5. The van der Waals surface area contributed by atoms with Crippen LogP contribution in [0.4, 0.5) is 4.39 Å². The van der Waals surface area contributed by atoms with Gasteiger partial charge in [0.2, 0.25) is 10.0 Å². The molecule has 0 bridgehead atoms. The Morgan fingerprint density at radius 2 is 1.75 bits per heavy atom. The van der Waals surface area contributed by atoms with Crippen LogP contribution in [0.25, 0.3) is 0 Å². The summed E-state index contributed by atoms with van der Waals surface area (Å²) in [6, 6.07) is 2.48. The van der Waals surface area contributed by atoms with E-state index in [-0.39, 0.29) is 10.9 Å². The third-order valence-corrected chi connectivity index (χ3v) is 6.05. The zero-order valence-electron chi connectivity index (χ0n) is 12.5. The van der Waals surface area contributed by atoms with Crippen LogP contribution in [-0.2, 0) is 10.0 Å². The Morgan fingerprint density at radius 1 is 1.25 bits per heavy atom. The topological polar surface area (TPSA) is 37.4 Å². The SMILES string of the molecule is Cc1cc(F)cc(C)c1S(=O)(=O)N(CC1CC1)C(C)C. The second kappa shape index (κ2) is 5.45. The van der Waals surface area contributed by atoms with Crippen LogP contribution in [-0.4, -0.2) is 25.3 Å². The second-order valence-corrected chi connectivity index (χ2v) is 7.81. The molecule has 112 valence electrons. The fraction of sp³-hybridized carbons (Fsp3) is 0.600. The van der Waals surface area contributed by atoms with Crippen LogP contribution in [0, 0.1) is 25.6 Å². The second-order valence-electron chi connectivity index (χ2n) is 5.98. The highest BCUT2D eigenvalue weighted by molar-refractivity contribution is 7.89. The summed E-state index contributed by atoms with van der Waals surface area (Å²) in [6.45, 7) is 7.63. The molecule has 0 N–H and O–H groups in total. The first-order valence-corrected chi connectivity index (χ1v) is 8.46. The van der Waals surface area contributed by atoms with Gasteiger partial charge in [0.25, 0.3) is 0 Å². The molecule has 1 aromatic rings. The zero-order valence-corrected chi connectivity index (χ0v) is 13.3. The minimum atomic E-state index is -3.57. The van der Waals surface area contributed by atoms with Gasteiger partial charge in [-0.1, -0.05) is 0 Å². The monoisotopic (exact) mass is 299 g/mol. The van der Waals surface area contributed by atoms with Crippen molar-refractivity contribution in [2.75, 3.05) is 6.54 Å². The lowest BCUT2D eigenvalue weighted by Crippen LogP contribution is -2.39. The highest BCUT2D eigenvalue weighted by Gasteiger charge is 2.34. The Hall–Kier alpha value is -0.940. The fourth-order valence-corrected chi connectivity index (χ4v) is 4.69. The van der Waals surface area contributed by atoms with Crippen LogP contribution in [0.5, 0.6) is 0 Å². The largest absolute Gasteiger partial charge is 0.243 e. The Labute approximate surface area is 120 Å². The first kappa shape index (κ1) is 15.4. The number of aryl methyl sites for hydroxylation is 2. The van der Waals surface area contributed by atoms with E-state index in [0.717, 1.165) is 12.8 Å². The fourth-order valence-electron chi connectivity index (χ4n) is 2.56. The van der Waals surface area contributed by atoms with E-state index < -0.39 is 15.8 Å². The summed E-state index contributed by atoms with van der Waals surface area (Å²) in [6.07, 6.45) is 2.19. The van der Waals surface area contributed by atoms with Crippen molar-refractivity contribution in [1.29, 1.82) is 0 Å². The van der Waals surface area contributed by atoms with E-state index in [2.05, 4.69) is 0 Å². The third-order valence-electron chi connectivity index (χ3n) is 3.70. The summed E-state index contributed by atoms with van der Waals surface area (Å²) in [5, 5.41) is 0. The van der Waals surface area contributed by atoms with Gasteiger partial charge in [-0.25, -0.2) is 12.8 Å². The van der Waals surface area contributed by atoms with Crippen LogP contribution < -0.4 is 0 Å². The maximum absolute atomic E-state index is 13.4. The van der Waals surface area contributed by atoms with Crippen molar-refractivity contribution in [3.8, 4) is 0 Å². The van der Waals surface area contributed by atoms with Crippen molar-refractivity contribution < 1.29 is 12.8 Å². The summed E-state index contributed by atoms with van der Waals surface area (Å²) in [5.74, 6) is 0.0884. The van der Waals surface area contributed by atoms with Gasteiger partial charge in [-0.05, 0) is 69.7 Å². The van der Waals surface area contributed by atoms with Gasteiger partial charge < -0.3 is 0 Å². The maximum atomic E-state index is 13.4. The van der Waals surface area contributed by atoms with E-state index in [1.54, 1.807) is 18.2 Å². The quantitative estimate of drug-likeness (QED) is 0.837. The molecular formula is C15H22FNO2S. The van der Waals surface area contributed by atoms with Crippen molar-refractivity contribution in [2.24, 2.45) is 5.92 Å². The standard InChI is InChI=1S/C15H22FNO2S/c1-10(2)17(9-13-5-6-13)20(18,19)15-11(3)7-14(16)8-12(15)4/h7-8,10,13H,5-6,9H2,1-4H3. The molecule has 0 amide bonds. The lowest BCUT2D eigenvalue weighted by Gasteiger charge is -2.27. The molecule has 1 saturated carbocycles. The van der Waals surface area contributed by atoms with Crippen molar-refractivity contribution in [2.45, 2.75) is 51.5 Å². The molecule has 2 rings (SSSR count). The average Bonchev–Trinajstić information content (AvgIpc) is 3.06. The van der Waals surface area contributed by atoms with E-state index in [1.165, 1.54) is 12.1 Å². The molecule has 1 aromatic carbocycles. The molecule has 0 aliphatic heterocycles. The van der Waals surface area contributed by atoms with Gasteiger partial charge in [-0.15, -0.1) is 0 Å². The highest BCUT2D eigenvalue weighted by Crippen LogP contribution is 2.34. The molecule has 0 atom stereocenters. The van der Waals surface area contributed by atoms with E-state index in [1.807, 2.05) is 13.8 Å². The van der Waals surface area contributed by atoms with Crippen LogP contribution in [0.2, 0.25) is 0 Å². The summed E-state index contributed by atoms with van der Waals surface area (Å²) in [4.78, 5) is 0.258. The smallest absolute Gasteiger partial charge is 0.207 e. The minimum Gasteiger partial charge on any atom is -0.207 e. The Morgan fingerprint density at radius 3 is 2.15 bits per heavy atom. The van der Waals surface area contributed by atoms with Crippen molar-refractivity contribution in [3.05, 3.63) is 29.1 Å². The number of halogens is 1. The molecule has 0 saturated heterocycles. The summed E-state index contributed by atoms with van der Waals surface area (Å²) in [7, 11) is -3.57. The van der Waals surface area contributed by atoms with E-state index in [0.29, 0.717) is 23.6 Å². The lowest BCUT2D eigenvalue weighted by molar-refractivity contribution is 0.341. The van der Waals surface area contributed by atoms with Gasteiger partial charge in [-0.3, -0.25) is 0 Å². The predicted molar refractivity (Wildman–Crippen MR) is 77.6 cm³/mol. The first-order valence-electron chi connectivity index (χ1n) is 7.02. The molecule has 1 aliphatic rings. The Kier molecular flexibility index (Phi) is 4.21. The van der Waals surface area contributed by atoms with Gasteiger partial charge in [0, 0.05) is 12.6 Å². The van der Waals surface area contributed by atoms with E-state index in [4.69, 9.17) is 0 Å². The van der Waals surface area contributed by atoms with Crippen LogP contribution in [0.3, 0.4) is 0 Å². The maximum Gasteiger partial charge on any atom is 0.243 e. The predicted octanol–water partition coefficient (Wildman–Crippen LogP) is 3.25. The van der Waals surface area contributed by atoms with Gasteiger partial charge in [0.05, 0.1) is 4.90 Å². The normalized spacial score (nSPS) is 16.1. The molecule has 0 spiro atoms. The van der Waals surface area contributed by atoms with E-state index in [9.17, 15) is 12.8 Å². The van der Waals surface area contributed by atoms with Crippen molar-refractivity contribution in [1.82, 2.24) is 4.31 Å². The number of sulfonamides is 1. The number of hydrogen-bond acceptors (Lipinski definition) is 2. The number of nitrogens with zero attached hydrogens (tertiary/aromatic N) is 1. The van der Waals surface area contributed by atoms with Gasteiger partial charge >= 0.3 is 0 Å². The molecular weight excluding hydrogens is 277 g/mol. The average molecular weight is 299 g/mol. The number of benzene rings is 1. The van der Waals surface area contributed by atoms with Gasteiger partial charge in [0.15, 0.2) is 0 Å². The molecule has 0 unspecified atom stereocenters. The summed E-state index contributed by atoms with van der Waals surface area (Å²) < 4.78 is 40.7. The Bertz CT molecular complexity index is 583. The van der Waals surface area contributed by atoms with Crippen LogP contribution in [0.1, 0.15) is 37.8 Å². The molecule has 0 radical (unpaired) electrons. The molecule has 0 aromatic heterocycles. The molecule has 1 fully saturated rings. The first-order chi connectivity index (χ1) is 9.23. The molecule has 20 heavy (non-hydrogen) atoms. The molecule has 1 aliphatic carbocycles. The highest BCUT2D eigenvalue weighted by atomic mass is 32.2. The van der Waals surface area contributed by atoms with Crippen molar-refractivity contribution >= 4 is 10.0 Å². The third kappa shape index (κ3) is 3.04. The lowest BCUT2D eigenvalue weighted by atomic mass is 10.1. The molecule has 0 heterocycles.